The molecular formula is C15H16N4O. The first-order valence-corrected chi connectivity index (χ1v) is 7.11. The molecule has 102 valence electrons. The topological polar surface area (TPSA) is 70.7 Å². The standard InChI is InChI=1S/C15H16N4O/c20-12-7-11(10-5-2-6-16-8-10)13-14(9-3-1-4-9)18-19-15(13)17-12/h2,5-6,8-9,11H,1,3-4,7H2,(H2,17,18,19,20). The lowest BCUT2D eigenvalue weighted by Gasteiger charge is -2.29. The number of amides is 1. The third-order valence-corrected chi connectivity index (χ3v) is 4.43. The first-order chi connectivity index (χ1) is 9.83. The van der Waals surface area contributed by atoms with E-state index in [0.29, 0.717) is 18.2 Å². The van der Waals surface area contributed by atoms with E-state index in [-0.39, 0.29) is 11.8 Å². The average Bonchev–Trinajstić information content (AvgIpc) is 2.80. The molecule has 2 aliphatic rings. The summed E-state index contributed by atoms with van der Waals surface area (Å²) < 4.78 is 0. The van der Waals surface area contributed by atoms with Crippen LogP contribution in [-0.2, 0) is 4.79 Å². The monoisotopic (exact) mass is 268 g/mol. The Morgan fingerprint density at radius 2 is 2.20 bits per heavy atom. The predicted octanol–water partition coefficient (Wildman–Crippen LogP) is 2.55. The maximum absolute atomic E-state index is 11.9. The molecule has 1 amide bonds. The highest BCUT2D eigenvalue weighted by Crippen LogP contribution is 2.45. The van der Waals surface area contributed by atoms with Crippen LogP contribution in [0.15, 0.2) is 24.5 Å². The fraction of sp³-hybridized carbons (Fsp3) is 0.400. The summed E-state index contributed by atoms with van der Waals surface area (Å²) >= 11 is 0. The van der Waals surface area contributed by atoms with E-state index in [1.165, 1.54) is 30.5 Å². The molecule has 0 bridgehead atoms. The van der Waals surface area contributed by atoms with Crippen LogP contribution in [0.25, 0.3) is 0 Å². The third kappa shape index (κ3) is 1.73. The average molecular weight is 268 g/mol. The molecule has 4 rings (SSSR count). The maximum Gasteiger partial charge on any atom is 0.226 e. The van der Waals surface area contributed by atoms with Gasteiger partial charge in [-0.2, -0.15) is 5.10 Å². The fourth-order valence-electron chi connectivity index (χ4n) is 3.16. The normalized spacial score (nSPS) is 22.0. The van der Waals surface area contributed by atoms with Crippen LogP contribution < -0.4 is 5.32 Å². The van der Waals surface area contributed by atoms with Gasteiger partial charge in [0.05, 0.1) is 0 Å². The minimum absolute atomic E-state index is 0.0259. The van der Waals surface area contributed by atoms with Gasteiger partial charge in [0.2, 0.25) is 5.91 Å². The SMILES string of the molecule is O=C1CC(c2cccnc2)c2c(n[nH]c2C2CCC2)N1. The lowest BCUT2D eigenvalue weighted by Crippen LogP contribution is -2.24. The summed E-state index contributed by atoms with van der Waals surface area (Å²) in [6.07, 6.45) is 7.78. The Labute approximate surface area is 116 Å². The van der Waals surface area contributed by atoms with Crippen LogP contribution in [-0.4, -0.2) is 21.1 Å². The van der Waals surface area contributed by atoms with Crippen molar-refractivity contribution < 1.29 is 4.79 Å². The number of aromatic nitrogens is 3. The molecule has 0 aromatic carbocycles. The molecule has 0 radical (unpaired) electrons. The van der Waals surface area contributed by atoms with Gasteiger partial charge in [0.15, 0.2) is 5.82 Å². The van der Waals surface area contributed by atoms with E-state index in [1.807, 2.05) is 18.3 Å². The highest BCUT2D eigenvalue weighted by Gasteiger charge is 2.35. The van der Waals surface area contributed by atoms with Crippen molar-refractivity contribution >= 4 is 11.7 Å². The van der Waals surface area contributed by atoms with E-state index in [1.54, 1.807) is 6.20 Å². The first kappa shape index (κ1) is 11.6. The Kier molecular flexibility index (Phi) is 2.58. The van der Waals surface area contributed by atoms with E-state index in [9.17, 15) is 4.79 Å². The van der Waals surface area contributed by atoms with Crippen LogP contribution in [0.1, 0.15) is 54.3 Å². The van der Waals surface area contributed by atoms with Crippen molar-refractivity contribution in [2.75, 3.05) is 5.32 Å². The van der Waals surface area contributed by atoms with Gasteiger partial charge in [-0.3, -0.25) is 14.9 Å². The summed E-state index contributed by atoms with van der Waals surface area (Å²) in [5, 5.41) is 10.3. The van der Waals surface area contributed by atoms with Crippen molar-refractivity contribution in [3.05, 3.63) is 41.3 Å². The van der Waals surface area contributed by atoms with Crippen LogP contribution >= 0.6 is 0 Å². The van der Waals surface area contributed by atoms with Gasteiger partial charge in [0.1, 0.15) is 0 Å². The summed E-state index contributed by atoms with van der Waals surface area (Å²) in [5.41, 5.74) is 3.47. The highest BCUT2D eigenvalue weighted by atomic mass is 16.1. The van der Waals surface area contributed by atoms with E-state index < -0.39 is 0 Å². The third-order valence-electron chi connectivity index (χ3n) is 4.43. The molecule has 3 heterocycles. The first-order valence-electron chi connectivity index (χ1n) is 7.11. The molecule has 1 fully saturated rings. The number of anilines is 1. The van der Waals surface area contributed by atoms with Crippen molar-refractivity contribution in [1.29, 1.82) is 0 Å². The van der Waals surface area contributed by atoms with Crippen LogP contribution in [0.2, 0.25) is 0 Å². The van der Waals surface area contributed by atoms with Crippen molar-refractivity contribution in [2.24, 2.45) is 0 Å². The van der Waals surface area contributed by atoms with Gasteiger partial charge in [-0.15, -0.1) is 0 Å². The van der Waals surface area contributed by atoms with Gasteiger partial charge in [-0.05, 0) is 24.5 Å². The molecule has 20 heavy (non-hydrogen) atoms. The zero-order valence-corrected chi connectivity index (χ0v) is 11.1. The zero-order valence-electron chi connectivity index (χ0n) is 11.1. The summed E-state index contributed by atoms with van der Waals surface area (Å²) in [5.74, 6) is 1.37. The molecule has 5 nitrogen and oxygen atoms in total. The van der Waals surface area contributed by atoms with E-state index >= 15 is 0 Å². The number of aromatic amines is 1. The minimum atomic E-state index is 0.0259. The second kappa shape index (κ2) is 4.44. The largest absolute Gasteiger partial charge is 0.309 e. The van der Waals surface area contributed by atoms with Crippen LogP contribution in [0, 0.1) is 0 Å². The van der Waals surface area contributed by atoms with E-state index in [4.69, 9.17) is 0 Å². The number of carbonyl (C=O) groups is 1. The van der Waals surface area contributed by atoms with E-state index in [2.05, 4.69) is 20.5 Å². The number of hydrogen-bond donors (Lipinski definition) is 2. The molecule has 2 N–H and O–H groups in total. The van der Waals surface area contributed by atoms with Gasteiger partial charge < -0.3 is 5.32 Å². The number of carbonyl (C=O) groups excluding carboxylic acids is 1. The molecule has 5 heteroatoms. The van der Waals surface area contributed by atoms with Crippen molar-refractivity contribution in [3.8, 4) is 0 Å². The Bertz CT molecular complexity index is 645. The van der Waals surface area contributed by atoms with Crippen LogP contribution in [0.4, 0.5) is 5.82 Å². The number of H-pyrrole nitrogens is 1. The van der Waals surface area contributed by atoms with Gasteiger partial charge in [0.25, 0.3) is 0 Å². The molecule has 2 aromatic rings. The number of nitrogens with one attached hydrogen (secondary N) is 2. The smallest absolute Gasteiger partial charge is 0.226 e. The van der Waals surface area contributed by atoms with Gasteiger partial charge >= 0.3 is 0 Å². The summed E-state index contributed by atoms with van der Waals surface area (Å²) in [6.45, 7) is 0. The summed E-state index contributed by atoms with van der Waals surface area (Å²) in [4.78, 5) is 16.1. The molecule has 0 spiro atoms. The molecule has 1 saturated carbocycles. The molecular weight excluding hydrogens is 252 g/mol. The number of hydrogen-bond acceptors (Lipinski definition) is 3. The highest BCUT2D eigenvalue weighted by molar-refractivity contribution is 5.94. The molecule has 0 saturated heterocycles. The molecule has 1 aliphatic carbocycles. The predicted molar refractivity (Wildman–Crippen MR) is 74.5 cm³/mol. The molecule has 1 atom stereocenters. The maximum atomic E-state index is 11.9. The minimum Gasteiger partial charge on any atom is -0.309 e. The van der Waals surface area contributed by atoms with Crippen LogP contribution in [0.3, 0.4) is 0 Å². The molecule has 1 aliphatic heterocycles. The Morgan fingerprint density at radius 1 is 1.30 bits per heavy atom. The second-order valence-corrected chi connectivity index (χ2v) is 5.62. The summed E-state index contributed by atoms with van der Waals surface area (Å²) in [7, 11) is 0. The molecule has 1 unspecified atom stereocenters. The number of nitrogens with zero attached hydrogens (tertiary/aromatic N) is 2. The second-order valence-electron chi connectivity index (χ2n) is 5.62. The van der Waals surface area contributed by atoms with Gasteiger partial charge in [-0.25, -0.2) is 0 Å². The lowest BCUT2D eigenvalue weighted by molar-refractivity contribution is -0.116. The van der Waals surface area contributed by atoms with Gasteiger partial charge in [0, 0.05) is 41.9 Å². The zero-order chi connectivity index (χ0) is 13.5. The van der Waals surface area contributed by atoms with Crippen molar-refractivity contribution in [2.45, 2.75) is 37.5 Å². The number of pyridine rings is 1. The van der Waals surface area contributed by atoms with Crippen molar-refractivity contribution in [3.63, 3.8) is 0 Å². The Morgan fingerprint density at radius 3 is 2.90 bits per heavy atom. The number of rotatable bonds is 2. The van der Waals surface area contributed by atoms with Crippen LogP contribution in [0.5, 0.6) is 0 Å². The number of fused-ring (bicyclic) bond motifs is 1. The Hall–Kier alpha value is -2.17. The Balaban J connectivity index is 1.81. The molecule has 2 aromatic heterocycles. The quantitative estimate of drug-likeness (QED) is 0.879. The van der Waals surface area contributed by atoms with E-state index in [0.717, 1.165) is 5.56 Å². The summed E-state index contributed by atoms with van der Waals surface area (Å²) in [6, 6.07) is 3.96. The fourth-order valence-corrected chi connectivity index (χ4v) is 3.16. The van der Waals surface area contributed by atoms with Gasteiger partial charge in [-0.1, -0.05) is 12.5 Å². The lowest BCUT2D eigenvalue weighted by atomic mass is 9.77. The van der Waals surface area contributed by atoms with Crippen molar-refractivity contribution in [1.82, 2.24) is 15.2 Å².